The molecule has 1 atom stereocenters. The predicted octanol–water partition coefficient (Wildman–Crippen LogP) is 2.45. The van der Waals surface area contributed by atoms with Crippen LogP contribution in [-0.2, 0) is 27.2 Å². The van der Waals surface area contributed by atoms with Crippen molar-refractivity contribution in [2.24, 2.45) is 0 Å². The van der Waals surface area contributed by atoms with E-state index in [2.05, 4.69) is 5.32 Å². The minimum absolute atomic E-state index is 0.0200. The molecular formula is C24H35NO6. The molecule has 172 valence electrons. The van der Waals surface area contributed by atoms with Crippen LogP contribution in [0.3, 0.4) is 0 Å². The number of methoxy groups -OCH3 is 2. The van der Waals surface area contributed by atoms with E-state index in [0.29, 0.717) is 46.2 Å². The lowest BCUT2D eigenvalue weighted by Crippen LogP contribution is -2.34. The van der Waals surface area contributed by atoms with Crippen molar-refractivity contribution in [1.29, 1.82) is 0 Å². The molecule has 0 bridgehead atoms. The maximum atomic E-state index is 9.71. The fourth-order valence-electron chi connectivity index (χ4n) is 2.90. The van der Waals surface area contributed by atoms with Crippen molar-refractivity contribution >= 4 is 0 Å². The number of aliphatic hydroxyl groups excluding tert-OH is 1. The van der Waals surface area contributed by atoms with Crippen molar-refractivity contribution < 1.29 is 28.8 Å². The topological polar surface area (TPSA) is 78.4 Å². The first-order valence-corrected chi connectivity index (χ1v) is 10.6. The summed E-state index contributed by atoms with van der Waals surface area (Å²) < 4.78 is 26.6. The lowest BCUT2D eigenvalue weighted by Gasteiger charge is -2.17. The van der Waals surface area contributed by atoms with Crippen LogP contribution in [0.5, 0.6) is 11.5 Å². The SMILES string of the molecule is COCCOCCOCCOc1ccc(C[C@@H](CO)NCc2ccc(OC)cc2)cc1. The van der Waals surface area contributed by atoms with Gasteiger partial charge in [0.1, 0.15) is 18.1 Å². The molecule has 0 saturated carbocycles. The third-order valence-electron chi connectivity index (χ3n) is 4.68. The van der Waals surface area contributed by atoms with Crippen LogP contribution in [-0.4, -0.2) is 71.6 Å². The Balaban J connectivity index is 1.63. The number of hydrogen-bond donors (Lipinski definition) is 2. The van der Waals surface area contributed by atoms with Crippen molar-refractivity contribution in [1.82, 2.24) is 5.32 Å². The molecule has 7 heteroatoms. The molecule has 0 aliphatic rings. The molecule has 2 N–H and O–H groups in total. The summed E-state index contributed by atoms with van der Waals surface area (Å²) in [7, 11) is 3.30. The van der Waals surface area contributed by atoms with E-state index in [1.54, 1.807) is 14.2 Å². The van der Waals surface area contributed by atoms with Gasteiger partial charge in [-0.1, -0.05) is 24.3 Å². The van der Waals surface area contributed by atoms with E-state index in [4.69, 9.17) is 23.7 Å². The van der Waals surface area contributed by atoms with Gasteiger partial charge in [0.2, 0.25) is 0 Å². The Morgan fingerprint density at radius 3 is 1.94 bits per heavy atom. The van der Waals surface area contributed by atoms with Gasteiger partial charge in [0.05, 0.1) is 46.8 Å². The van der Waals surface area contributed by atoms with Gasteiger partial charge >= 0.3 is 0 Å². The molecule has 0 saturated heterocycles. The molecule has 2 rings (SSSR count). The number of benzene rings is 2. The summed E-state index contributed by atoms with van der Waals surface area (Å²) in [5.41, 5.74) is 2.28. The summed E-state index contributed by atoms with van der Waals surface area (Å²) in [5, 5.41) is 13.1. The average molecular weight is 434 g/mol. The summed E-state index contributed by atoms with van der Waals surface area (Å²) >= 11 is 0. The second-order valence-electron chi connectivity index (χ2n) is 7.02. The van der Waals surface area contributed by atoms with Gasteiger partial charge in [-0.15, -0.1) is 0 Å². The van der Waals surface area contributed by atoms with Crippen molar-refractivity contribution in [3.63, 3.8) is 0 Å². The lowest BCUT2D eigenvalue weighted by molar-refractivity contribution is 0.0180. The second kappa shape index (κ2) is 15.6. The molecule has 7 nitrogen and oxygen atoms in total. The van der Waals surface area contributed by atoms with Crippen molar-refractivity contribution in [2.45, 2.75) is 19.0 Å². The number of rotatable bonds is 17. The van der Waals surface area contributed by atoms with E-state index >= 15 is 0 Å². The molecule has 0 aliphatic carbocycles. The standard InChI is InChI=1S/C24H35NO6/c1-27-11-12-29-13-14-30-15-16-31-24-9-3-20(4-10-24)17-22(19-26)25-18-21-5-7-23(28-2)8-6-21/h3-10,22,25-26H,11-19H2,1-2H3/t22-/m0/s1. The van der Waals surface area contributed by atoms with Gasteiger partial charge in [-0.25, -0.2) is 0 Å². The molecule has 0 spiro atoms. The normalized spacial score (nSPS) is 12.0. The van der Waals surface area contributed by atoms with Crippen LogP contribution in [0.2, 0.25) is 0 Å². The Kier molecular flexibility index (Phi) is 12.6. The zero-order chi connectivity index (χ0) is 22.2. The average Bonchev–Trinajstić information content (AvgIpc) is 2.82. The smallest absolute Gasteiger partial charge is 0.119 e. The summed E-state index contributed by atoms with van der Waals surface area (Å²) in [4.78, 5) is 0. The monoisotopic (exact) mass is 433 g/mol. The molecule has 0 fully saturated rings. The van der Waals surface area contributed by atoms with E-state index in [0.717, 1.165) is 29.0 Å². The molecule has 0 amide bonds. The molecule has 0 aliphatic heterocycles. The third-order valence-corrected chi connectivity index (χ3v) is 4.68. The number of hydrogen-bond acceptors (Lipinski definition) is 7. The van der Waals surface area contributed by atoms with Crippen molar-refractivity contribution in [3.8, 4) is 11.5 Å². The first kappa shape index (κ1) is 25.1. The zero-order valence-corrected chi connectivity index (χ0v) is 18.5. The van der Waals surface area contributed by atoms with E-state index in [9.17, 15) is 5.11 Å². The predicted molar refractivity (Wildman–Crippen MR) is 120 cm³/mol. The minimum Gasteiger partial charge on any atom is -0.497 e. The highest BCUT2D eigenvalue weighted by Crippen LogP contribution is 2.14. The Labute approximate surface area is 185 Å². The van der Waals surface area contributed by atoms with Crippen molar-refractivity contribution in [3.05, 3.63) is 59.7 Å². The Hall–Kier alpha value is -2.16. The molecule has 0 radical (unpaired) electrons. The maximum Gasteiger partial charge on any atom is 0.119 e. The highest BCUT2D eigenvalue weighted by molar-refractivity contribution is 5.28. The van der Waals surface area contributed by atoms with Gasteiger partial charge in [-0.2, -0.15) is 0 Å². The first-order valence-electron chi connectivity index (χ1n) is 10.6. The van der Waals surface area contributed by atoms with Crippen LogP contribution in [0.1, 0.15) is 11.1 Å². The van der Waals surface area contributed by atoms with Crippen LogP contribution in [0.25, 0.3) is 0 Å². The quantitative estimate of drug-likeness (QED) is 0.371. The van der Waals surface area contributed by atoms with E-state index < -0.39 is 0 Å². The minimum atomic E-state index is -0.0200. The highest BCUT2D eigenvalue weighted by Gasteiger charge is 2.08. The highest BCUT2D eigenvalue weighted by atomic mass is 16.6. The third kappa shape index (κ3) is 10.6. The summed E-state index contributed by atoms with van der Waals surface area (Å²) in [6.45, 7) is 4.02. The van der Waals surface area contributed by atoms with Crippen LogP contribution in [0, 0.1) is 0 Å². The van der Waals surface area contributed by atoms with Gasteiger partial charge < -0.3 is 34.1 Å². The Morgan fingerprint density at radius 2 is 1.32 bits per heavy atom. The Morgan fingerprint density at radius 1 is 0.742 bits per heavy atom. The number of nitrogens with one attached hydrogen (secondary N) is 1. The van der Waals surface area contributed by atoms with E-state index in [-0.39, 0.29) is 12.6 Å². The van der Waals surface area contributed by atoms with Crippen LogP contribution < -0.4 is 14.8 Å². The molecular weight excluding hydrogens is 398 g/mol. The van der Waals surface area contributed by atoms with Crippen LogP contribution >= 0.6 is 0 Å². The van der Waals surface area contributed by atoms with Gasteiger partial charge in [0, 0.05) is 19.7 Å². The van der Waals surface area contributed by atoms with Gasteiger partial charge in [-0.05, 0) is 41.8 Å². The number of ether oxygens (including phenoxy) is 5. The molecule has 2 aromatic rings. The summed E-state index contributed by atoms with van der Waals surface area (Å²) in [6.07, 6.45) is 0.735. The van der Waals surface area contributed by atoms with E-state index in [1.807, 2.05) is 48.5 Å². The van der Waals surface area contributed by atoms with Crippen LogP contribution in [0.4, 0.5) is 0 Å². The molecule has 0 unspecified atom stereocenters. The van der Waals surface area contributed by atoms with Gasteiger partial charge in [-0.3, -0.25) is 0 Å². The maximum absolute atomic E-state index is 9.71. The van der Waals surface area contributed by atoms with Crippen LogP contribution in [0.15, 0.2) is 48.5 Å². The van der Waals surface area contributed by atoms with E-state index in [1.165, 1.54) is 0 Å². The molecule has 0 heterocycles. The fourth-order valence-corrected chi connectivity index (χ4v) is 2.90. The summed E-state index contributed by atoms with van der Waals surface area (Å²) in [6, 6.07) is 15.8. The zero-order valence-electron chi connectivity index (χ0n) is 18.5. The Bertz CT molecular complexity index is 692. The largest absolute Gasteiger partial charge is 0.497 e. The first-order chi connectivity index (χ1) is 15.2. The van der Waals surface area contributed by atoms with Crippen molar-refractivity contribution in [2.75, 3.05) is 60.5 Å². The second-order valence-corrected chi connectivity index (χ2v) is 7.02. The molecule has 2 aromatic carbocycles. The fraction of sp³-hybridized carbons (Fsp3) is 0.500. The molecule has 31 heavy (non-hydrogen) atoms. The number of aliphatic hydroxyl groups is 1. The van der Waals surface area contributed by atoms with Gasteiger partial charge in [0.15, 0.2) is 0 Å². The molecule has 0 aromatic heterocycles. The summed E-state index contributed by atoms with van der Waals surface area (Å²) in [5.74, 6) is 1.64. The van der Waals surface area contributed by atoms with Gasteiger partial charge in [0.25, 0.3) is 0 Å². The lowest BCUT2D eigenvalue weighted by atomic mass is 10.1.